The molecule has 3 heterocycles. The lowest BCUT2D eigenvalue weighted by molar-refractivity contribution is -0.938. The highest BCUT2D eigenvalue weighted by molar-refractivity contribution is 7.89. The van der Waals surface area contributed by atoms with Crippen molar-refractivity contribution in [3.05, 3.63) is 131 Å². The topological polar surface area (TPSA) is 201 Å². The van der Waals surface area contributed by atoms with Crippen LogP contribution < -0.4 is 27.4 Å². The van der Waals surface area contributed by atoms with Gasteiger partial charge in [0, 0.05) is 38.2 Å². The van der Waals surface area contributed by atoms with Gasteiger partial charge in [0.25, 0.3) is 0 Å². The Labute approximate surface area is 382 Å². The van der Waals surface area contributed by atoms with Gasteiger partial charge >= 0.3 is 5.97 Å². The van der Waals surface area contributed by atoms with Gasteiger partial charge < -0.3 is 61.4 Å². The fraction of sp³-hybridized carbons (Fsp3) is 0.479. The quantitative estimate of drug-likeness (QED) is 0.0309. The van der Waals surface area contributed by atoms with Crippen LogP contribution in [0.2, 0.25) is 0 Å². The van der Waals surface area contributed by atoms with E-state index in [-0.39, 0.29) is 40.3 Å². The summed E-state index contributed by atoms with van der Waals surface area (Å²) in [4.78, 5) is 13.5. The van der Waals surface area contributed by atoms with Crippen molar-refractivity contribution >= 4 is 16.0 Å². The standard InChI is InChI=1S/C25H38N2O6S.C23H26NO4.BrH/c26-34(31,32)23-10-7-9-20(16-23)8-3-6-15-33-14-5-2-1-4-13-27-18-25(30)21-11-12-24(29)22(17-21)19-28;1-24(2)18-13-17(14-19(24)21-20(18)28-21)27-22(25)23(26,15-9-5-3-6-10-15)16-11-7-4-8-12-16;/h7,9-12,16-17,25,27-30H,1-6,8,13-15,18-19H2,(H2,26,31,32);3-12,17-21,26H,13-14H2,1-2H3;1H/q;+1;/p-1/t;17?,18?,19?,20-,21+;. The summed E-state index contributed by atoms with van der Waals surface area (Å²) >= 11 is 0. The normalized spacial score (nSPS) is 21.3. The van der Waals surface area contributed by atoms with Gasteiger partial charge in [0.15, 0.2) is 0 Å². The number of aryl methyl sites for hydroxylation is 1. The maximum atomic E-state index is 13.3. The fourth-order valence-corrected chi connectivity index (χ4v) is 9.50. The van der Waals surface area contributed by atoms with E-state index < -0.39 is 27.7 Å². The van der Waals surface area contributed by atoms with Crippen molar-refractivity contribution in [3.63, 3.8) is 0 Å². The van der Waals surface area contributed by atoms with Gasteiger partial charge in [-0.15, -0.1) is 0 Å². The highest BCUT2D eigenvalue weighted by Crippen LogP contribution is 2.52. The van der Waals surface area contributed by atoms with E-state index >= 15 is 0 Å². The predicted octanol–water partition coefficient (Wildman–Crippen LogP) is 1.98. The van der Waals surface area contributed by atoms with Crippen LogP contribution in [0.3, 0.4) is 0 Å². The lowest BCUT2D eigenvalue weighted by atomic mass is 9.86. The molecule has 0 radical (unpaired) electrons. The van der Waals surface area contributed by atoms with E-state index in [1.54, 1.807) is 48.5 Å². The number of hydrogen-bond donors (Lipinski definition) is 6. The van der Waals surface area contributed by atoms with Crippen LogP contribution in [0.15, 0.2) is 108 Å². The Bertz CT molecular complexity index is 2100. The lowest BCUT2D eigenvalue weighted by Gasteiger charge is -2.45. The zero-order valence-electron chi connectivity index (χ0n) is 36.2. The third kappa shape index (κ3) is 13.0. The third-order valence-corrected chi connectivity index (χ3v) is 13.5. The van der Waals surface area contributed by atoms with E-state index in [1.165, 1.54) is 12.1 Å². The summed E-state index contributed by atoms with van der Waals surface area (Å²) < 4.78 is 41.2. The third-order valence-electron chi connectivity index (χ3n) is 12.6. The second-order valence-electron chi connectivity index (χ2n) is 17.2. The van der Waals surface area contributed by atoms with Crippen molar-refractivity contribution in [1.82, 2.24) is 5.32 Å². The summed E-state index contributed by atoms with van der Waals surface area (Å²) in [5.74, 6) is -0.570. The van der Waals surface area contributed by atoms with E-state index in [9.17, 15) is 33.6 Å². The van der Waals surface area contributed by atoms with Crippen molar-refractivity contribution in [2.45, 2.75) is 111 Å². The van der Waals surface area contributed by atoms with Gasteiger partial charge in [-0.1, -0.05) is 91.7 Å². The number of aromatic hydroxyl groups is 1. The number of ether oxygens (including phenoxy) is 3. The molecule has 63 heavy (non-hydrogen) atoms. The summed E-state index contributed by atoms with van der Waals surface area (Å²) in [7, 11) is 0.831. The number of sulfonamides is 1. The van der Waals surface area contributed by atoms with Crippen LogP contribution in [0.1, 0.15) is 85.3 Å². The average Bonchev–Trinajstić information content (AvgIpc) is 4.04. The smallest absolute Gasteiger partial charge is 0.347 e. The van der Waals surface area contributed by atoms with E-state index in [4.69, 9.17) is 19.3 Å². The number of primary sulfonamides is 1. The molecule has 13 nitrogen and oxygen atoms in total. The number of phenols is 1. The molecule has 3 saturated heterocycles. The number of quaternary nitrogens is 1. The SMILES string of the molecule is C[N+]1(C)C2CC(OC(=O)C(O)(c3ccccc3)c3ccccc3)CC1[C@@H]1O[C@H]21.NS(=O)(=O)c1cccc(CCCCOCCCCCCNCC(O)c2ccc(O)c(CO)c2)c1.[Br-]. The first-order chi connectivity index (χ1) is 29.7. The Balaban J connectivity index is 0.000000237. The molecule has 4 unspecified atom stereocenters. The molecular formula is C48H64BrN3O10S. The number of benzene rings is 4. The van der Waals surface area contributed by atoms with Gasteiger partial charge in [-0.2, -0.15) is 0 Å². The number of esters is 1. The van der Waals surface area contributed by atoms with E-state index in [1.807, 2.05) is 42.5 Å². The Morgan fingerprint density at radius 3 is 2.06 bits per heavy atom. The minimum Gasteiger partial charge on any atom is -1.00 e. The van der Waals surface area contributed by atoms with E-state index in [0.29, 0.717) is 59.7 Å². The Morgan fingerprint density at radius 2 is 1.46 bits per heavy atom. The Hall–Kier alpha value is -3.74. The van der Waals surface area contributed by atoms with Gasteiger partial charge in [0.05, 0.1) is 31.7 Å². The number of carbonyl (C=O) groups excluding carboxylic acids is 1. The van der Waals surface area contributed by atoms with Crippen LogP contribution in [-0.4, -0.2) is 110 Å². The Kier molecular flexibility index (Phi) is 18.3. The molecule has 3 aliphatic rings. The highest BCUT2D eigenvalue weighted by atomic mass is 79.9. The molecule has 15 heteroatoms. The van der Waals surface area contributed by atoms with E-state index in [0.717, 1.165) is 81.0 Å². The van der Waals surface area contributed by atoms with Crippen molar-refractivity contribution in [2.24, 2.45) is 5.14 Å². The number of piperidine rings is 1. The van der Waals surface area contributed by atoms with E-state index in [2.05, 4.69) is 19.4 Å². The number of nitrogens with two attached hydrogens (primary N) is 1. The summed E-state index contributed by atoms with van der Waals surface area (Å²) in [5, 5.41) is 49.0. The molecule has 4 aromatic carbocycles. The van der Waals surface area contributed by atoms with Gasteiger partial charge in [-0.05, 0) is 85.2 Å². The van der Waals surface area contributed by atoms with Crippen LogP contribution in [0, 0.1) is 0 Å². The van der Waals surface area contributed by atoms with Crippen molar-refractivity contribution in [3.8, 4) is 5.75 Å². The van der Waals surface area contributed by atoms with Crippen molar-refractivity contribution in [1.29, 1.82) is 0 Å². The molecular weight excluding hydrogens is 891 g/mol. The number of nitrogens with one attached hydrogen (secondary N) is 1. The number of aliphatic hydroxyl groups is 3. The summed E-state index contributed by atoms with van der Waals surface area (Å²) in [6.45, 7) is 2.41. The number of morpholine rings is 1. The van der Waals surface area contributed by atoms with Crippen LogP contribution in [0.4, 0.5) is 0 Å². The number of unbranched alkanes of at least 4 members (excludes halogenated alkanes) is 4. The molecule has 0 spiro atoms. The average molecular weight is 955 g/mol. The molecule has 0 saturated carbocycles. The first-order valence-corrected chi connectivity index (χ1v) is 23.3. The monoisotopic (exact) mass is 953 g/mol. The van der Waals surface area contributed by atoms with Crippen LogP contribution in [0.25, 0.3) is 0 Å². The zero-order valence-corrected chi connectivity index (χ0v) is 38.6. The van der Waals surface area contributed by atoms with Crippen molar-refractivity contribution in [2.75, 3.05) is 40.4 Å². The van der Waals surface area contributed by atoms with Gasteiger partial charge in [-0.25, -0.2) is 18.4 Å². The van der Waals surface area contributed by atoms with Crippen LogP contribution in [0.5, 0.6) is 5.75 Å². The minimum absolute atomic E-state index is 0. The number of aliphatic hydroxyl groups excluding tert-OH is 2. The number of fused-ring (bicyclic) bond motifs is 5. The predicted molar refractivity (Wildman–Crippen MR) is 235 cm³/mol. The fourth-order valence-electron chi connectivity index (χ4n) is 8.92. The molecule has 4 aromatic rings. The second kappa shape index (κ2) is 22.9. The number of epoxide rings is 1. The summed E-state index contributed by atoms with van der Waals surface area (Å²) in [6.07, 6.45) is 8.11. The first kappa shape index (κ1) is 50.3. The maximum absolute atomic E-state index is 13.3. The minimum atomic E-state index is -3.66. The first-order valence-electron chi connectivity index (χ1n) is 21.8. The number of carbonyl (C=O) groups is 1. The number of hydrogen-bond acceptors (Lipinski definition) is 11. The van der Waals surface area contributed by atoms with Gasteiger partial charge in [0.2, 0.25) is 15.6 Å². The zero-order chi connectivity index (χ0) is 44.3. The highest BCUT2D eigenvalue weighted by Gasteiger charge is 2.71. The largest absolute Gasteiger partial charge is 1.00 e. The summed E-state index contributed by atoms with van der Waals surface area (Å²) in [6, 6.07) is 30.3. The molecule has 7 rings (SSSR count). The van der Waals surface area contributed by atoms with Crippen LogP contribution >= 0.6 is 0 Å². The molecule has 344 valence electrons. The van der Waals surface area contributed by atoms with Crippen molar-refractivity contribution < 1.29 is 69.3 Å². The number of nitrogens with zero attached hydrogens (tertiary/aromatic N) is 1. The molecule has 0 amide bonds. The molecule has 2 bridgehead atoms. The molecule has 3 fully saturated rings. The lowest BCUT2D eigenvalue weighted by Crippen LogP contribution is -3.00. The number of halogens is 1. The molecule has 3 aliphatic heterocycles. The van der Waals surface area contributed by atoms with Crippen LogP contribution in [-0.2, 0) is 47.7 Å². The number of rotatable bonds is 21. The van der Waals surface area contributed by atoms with Gasteiger partial charge in [-0.3, -0.25) is 0 Å². The Morgan fingerprint density at radius 1 is 0.857 bits per heavy atom. The summed E-state index contributed by atoms with van der Waals surface area (Å²) in [5.41, 5.74) is 1.27. The maximum Gasteiger partial charge on any atom is 0.347 e. The molecule has 0 aliphatic carbocycles. The molecule has 0 aromatic heterocycles. The number of likely N-dealkylation sites (N-methyl/N-ethyl adjacent to an activating group) is 1. The molecule has 7 N–H and O–H groups in total. The molecule has 6 atom stereocenters. The van der Waals surface area contributed by atoms with Gasteiger partial charge in [0.1, 0.15) is 36.1 Å². The second-order valence-corrected chi connectivity index (χ2v) is 18.8.